The lowest BCUT2D eigenvalue weighted by molar-refractivity contribution is -0.112. The number of carbonyl (C=O) groups is 2. The minimum Gasteiger partial charge on any atom is -0.465 e. The Hall–Kier alpha value is -2.81. The molecule has 1 aromatic rings. The summed E-state index contributed by atoms with van der Waals surface area (Å²) >= 11 is 0. The second-order valence-corrected chi connectivity index (χ2v) is 5.56. The fraction of sp³-hybridized carbons (Fsp3) is 0.312. The lowest BCUT2D eigenvalue weighted by Gasteiger charge is -2.19. The lowest BCUT2D eigenvalue weighted by Crippen LogP contribution is -2.32. The van der Waals surface area contributed by atoms with Gasteiger partial charge in [0.25, 0.3) is 5.91 Å². The zero-order valence-corrected chi connectivity index (χ0v) is 13.1. The molecule has 0 aliphatic carbocycles. The molecule has 1 aromatic carbocycles. The van der Waals surface area contributed by atoms with Crippen molar-refractivity contribution in [3.05, 3.63) is 41.6 Å². The molecule has 0 spiro atoms. The average molecular weight is 301 g/mol. The molecule has 0 bridgehead atoms. The predicted molar refractivity (Wildman–Crippen MR) is 83.0 cm³/mol. The van der Waals surface area contributed by atoms with Gasteiger partial charge in [0, 0.05) is 11.7 Å². The third-order valence-corrected chi connectivity index (χ3v) is 2.60. The number of carbonyl (C=O) groups excluding carboxylic acids is 2. The fourth-order valence-electron chi connectivity index (χ4n) is 1.51. The number of esters is 1. The summed E-state index contributed by atoms with van der Waals surface area (Å²) in [4.78, 5) is 23.8. The summed E-state index contributed by atoms with van der Waals surface area (Å²) in [6.45, 7) is 5.72. The van der Waals surface area contributed by atoms with Gasteiger partial charge >= 0.3 is 5.97 Å². The highest BCUT2D eigenvalue weighted by atomic mass is 16.5. The Morgan fingerprint density at radius 2 is 1.91 bits per heavy atom. The van der Waals surface area contributed by atoms with E-state index >= 15 is 0 Å². The van der Waals surface area contributed by atoms with E-state index in [0.29, 0.717) is 0 Å². The first kappa shape index (κ1) is 17.2. The number of hydrogen-bond acceptors (Lipinski definition) is 5. The normalized spacial score (nSPS) is 11.3. The first-order valence-electron chi connectivity index (χ1n) is 6.65. The molecule has 0 radical (unpaired) electrons. The van der Waals surface area contributed by atoms with Crippen LogP contribution in [0.4, 0.5) is 5.69 Å². The van der Waals surface area contributed by atoms with Gasteiger partial charge in [0.1, 0.15) is 11.6 Å². The summed E-state index contributed by atoms with van der Waals surface area (Å²) in [5.74, 6) is -1.16. The van der Waals surface area contributed by atoms with Crippen LogP contribution in [0.5, 0.6) is 0 Å². The predicted octanol–water partition coefficient (Wildman–Crippen LogP) is 2.21. The van der Waals surface area contributed by atoms with E-state index in [1.54, 1.807) is 18.2 Å². The molecule has 22 heavy (non-hydrogen) atoms. The zero-order valence-electron chi connectivity index (χ0n) is 13.1. The largest absolute Gasteiger partial charge is 0.465 e. The van der Waals surface area contributed by atoms with E-state index in [1.807, 2.05) is 26.8 Å². The highest BCUT2D eigenvalue weighted by Crippen LogP contribution is 2.16. The van der Waals surface area contributed by atoms with E-state index in [9.17, 15) is 9.59 Å². The molecule has 0 aliphatic rings. The quantitative estimate of drug-likeness (QED) is 0.505. The minimum absolute atomic E-state index is 0.0883. The van der Waals surface area contributed by atoms with Crippen LogP contribution in [-0.4, -0.2) is 24.5 Å². The summed E-state index contributed by atoms with van der Waals surface area (Å²) < 4.78 is 4.66. The summed E-state index contributed by atoms with van der Waals surface area (Å²) in [7, 11) is 1.26. The van der Waals surface area contributed by atoms with E-state index in [2.05, 4.69) is 15.4 Å². The van der Waals surface area contributed by atoms with Gasteiger partial charge in [-0.25, -0.2) is 4.79 Å². The summed E-state index contributed by atoms with van der Waals surface area (Å²) in [6.07, 6.45) is 1.36. The maximum atomic E-state index is 12.1. The maximum absolute atomic E-state index is 12.1. The SMILES string of the molecule is COC(=O)c1ccccc1NC(=O)/C(C#N)=C\NC(C)(C)C. The number of nitrogens with one attached hydrogen (secondary N) is 2. The fourth-order valence-corrected chi connectivity index (χ4v) is 1.51. The number of anilines is 1. The van der Waals surface area contributed by atoms with Gasteiger partial charge < -0.3 is 15.4 Å². The van der Waals surface area contributed by atoms with Gasteiger partial charge in [-0.1, -0.05) is 12.1 Å². The van der Waals surface area contributed by atoms with Gasteiger partial charge in [-0.05, 0) is 32.9 Å². The molecule has 0 saturated carbocycles. The highest BCUT2D eigenvalue weighted by molar-refractivity contribution is 6.09. The van der Waals surface area contributed by atoms with E-state index < -0.39 is 11.9 Å². The van der Waals surface area contributed by atoms with Gasteiger partial charge in [0.05, 0.1) is 18.4 Å². The first-order valence-corrected chi connectivity index (χ1v) is 6.65. The van der Waals surface area contributed by atoms with Gasteiger partial charge in [-0.15, -0.1) is 0 Å². The Morgan fingerprint density at radius 3 is 2.45 bits per heavy atom. The number of hydrogen-bond donors (Lipinski definition) is 2. The number of nitriles is 1. The van der Waals surface area contributed by atoms with E-state index in [-0.39, 0.29) is 22.4 Å². The molecule has 1 amide bonds. The Balaban J connectivity index is 2.97. The van der Waals surface area contributed by atoms with Crippen molar-refractivity contribution >= 4 is 17.6 Å². The van der Waals surface area contributed by atoms with Crippen LogP contribution in [0.2, 0.25) is 0 Å². The van der Waals surface area contributed by atoms with Crippen LogP contribution < -0.4 is 10.6 Å². The highest BCUT2D eigenvalue weighted by Gasteiger charge is 2.16. The first-order chi connectivity index (χ1) is 10.3. The Kier molecular flexibility index (Phi) is 5.70. The van der Waals surface area contributed by atoms with Crippen LogP contribution in [0.3, 0.4) is 0 Å². The van der Waals surface area contributed by atoms with Gasteiger partial charge in [-0.2, -0.15) is 5.26 Å². The van der Waals surface area contributed by atoms with Crippen molar-refractivity contribution in [3.8, 4) is 6.07 Å². The summed E-state index contributed by atoms with van der Waals surface area (Å²) in [6, 6.07) is 8.25. The topological polar surface area (TPSA) is 91.2 Å². The number of para-hydroxylation sites is 1. The number of ether oxygens (including phenoxy) is 1. The number of amides is 1. The van der Waals surface area contributed by atoms with Gasteiger partial charge in [0.2, 0.25) is 0 Å². The number of rotatable bonds is 4. The van der Waals surface area contributed by atoms with Crippen molar-refractivity contribution in [3.63, 3.8) is 0 Å². The van der Waals surface area contributed by atoms with Gasteiger partial charge in [-0.3, -0.25) is 4.79 Å². The molecule has 0 heterocycles. The summed E-state index contributed by atoms with van der Waals surface area (Å²) in [5.41, 5.74) is 0.150. The summed E-state index contributed by atoms with van der Waals surface area (Å²) in [5, 5.41) is 14.6. The van der Waals surface area contributed by atoms with Crippen LogP contribution in [0, 0.1) is 11.3 Å². The number of methoxy groups -OCH3 is 1. The molecule has 0 atom stereocenters. The average Bonchev–Trinajstić information content (AvgIpc) is 2.46. The minimum atomic E-state index is -0.601. The van der Waals surface area contributed by atoms with E-state index in [1.165, 1.54) is 19.4 Å². The molecule has 6 nitrogen and oxygen atoms in total. The number of benzene rings is 1. The third kappa shape index (κ3) is 4.94. The molecule has 0 aliphatic heterocycles. The van der Waals surface area contributed by atoms with Crippen molar-refractivity contribution in [2.75, 3.05) is 12.4 Å². The van der Waals surface area contributed by atoms with Crippen molar-refractivity contribution in [1.82, 2.24) is 5.32 Å². The Morgan fingerprint density at radius 1 is 1.27 bits per heavy atom. The third-order valence-electron chi connectivity index (χ3n) is 2.60. The van der Waals surface area contributed by atoms with Crippen molar-refractivity contribution in [1.29, 1.82) is 5.26 Å². The van der Waals surface area contributed by atoms with Crippen molar-refractivity contribution in [2.45, 2.75) is 26.3 Å². The molecule has 0 aromatic heterocycles. The van der Waals surface area contributed by atoms with Gasteiger partial charge in [0.15, 0.2) is 0 Å². The van der Waals surface area contributed by atoms with E-state index in [0.717, 1.165) is 0 Å². The zero-order chi connectivity index (χ0) is 16.8. The van der Waals surface area contributed by atoms with Crippen LogP contribution in [0.15, 0.2) is 36.0 Å². The Labute approximate surface area is 129 Å². The molecule has 0 saturated heterocycles. The second kappa shape index (κ2) is 7.27. The van der Waals surface area contributed by atoms with Crippen LogP contribution in [-0.2, 0) is 9.53 Å². The smallest absolute Gasteiger partial charge is 0.339 e. The molecule has 6 heteroatoms. The molecular weight excluding hydrogens is 282 g/mol. The van der Waals surface area contributed by atoms with Crippen LogP contribution in [0.1, 0.15) is 31.1 Å². The molecule has 0 fully saturated rings. The molecule has 0 unspecified atom stereocenters. The monoisotopic (exact) mass is 301 g/mol. The van der Waals surface area contributed by atoms with Crippen molar-refractivity contribution < 1.29 is 14.3 Å². The van der Waals surface area contributed by atoms with E-state index in [4.69, 9.17) is 5.26 Å². The lowest BCUT2D eigenvalue weighted by atomic mass is 10.1. The van der Waals surface area contributed by atoms with Crippen LogP contribution in [0.25, 0.3) is 0 Å². The van der Waals surface area contributed by atoms with Crippen molar-refractivity contribution in [2.24, 2.45) is 0 Å². The molecular formula is C16H19N3O3. The molecule has 1 rings (SSSR count). The molecule has 2 N–H and O–H groups in total. The standard InChI is InChI=1S/C16H19N3O3/c1-16(2,3)18-10-11(9-17)14(20)19-13-8-6-5-7-12(13)15(21)22-4/h5-8,10,18H,1-4H3,(H,19,20)/b11-10-. The number of nitrogens with zero attached hydrogens (tertiary/aromatic N) is 1. The second-order valence-electron chi connectivity index (χ2n) is 5.56. The Bertz CT molecular complexity index is 637. The molecule has 116 valence electrons. The van der Waals surface area contributed by atoms with Crippen LogP contribution >= 0.6 is 0 Å². The maximum Gasteiger partial charge on any atom is 0.339 e.